The standard InChI is InChI=1S/C49H65NO6/c1-41(2)32-14-13-31(34(41)25-32)28-50(39(53)49-24-21-45(7,40(54)56-49)42(49,3)4)29-47(55)20-17-37-44(47,6)19-16-36-43(5)18-15-33(51)26-46(43)22-23-48(36,37)35(27-46)38(52)30-11-9-8-10-12-30/h8-12,22-23,27,31-34,36-37,51,55H,13-21,24-26,28-29H2,1-7H3. The largest absolute Gasteiger partial charge is 0.448 e. The fraction of sp³-hybridized carbons (Fsp3) is 0.735. The van der Waals surface area contributed by atoms with Crippen molar-refractivity contribution in [2.45, 2.75) is 143 Å². The lowest BCUT2D eigenvalue weighted by atomic mass is 9.32. The van der Waals surface area contributed by atoms with Crippen molar-refractivity contribution in [1.29, 1.82) is 0 Å². The van der Waals surface area contributed by atoms with Gasteiger partial charge in [0.25, 0.3) is 5.91 Å². The summed E-state index contributed by atoms with van der Waals surface area (Å²) in [6, 6.07) is 9.66. The van der Waals surface area contributed by atoms with E-state index in [0.29, 0.717) is 49.6 Å². The van der Waals surface area contributed by atoms with Crippen LogP contribution in [-0.2, 0) is 14.3 Å². The lowest BCUT2D eigenvalue weighted by Crippen LogP contribution is -2.68. The van der Waals surface area contributed by atoms with Crippen molar-refractivity contribution in [3.05, 3.63) is 59.7 Å². The summed E-state index contributed by atoms with van der Waals surface area (Å²) in [5, 5.41) is 24.6. The number of fused-ring (bicyclic) bond motifs is 5. The Bertz CT molecular complexity index is 1970. The van der Waals surface area contributed by atoms with Crippen LogP contribution in [0.4, 0.5) is 0 Å². The van der Waals surface area contributed by atoms with Crippen LogP contribution in [0.5, 0.6) is 0 Å². The smallest absolute Gasteiger partial charge is 0.313 e. The molecule has 13 atom stereocenters. The van der Waals surface area contributed by atoms with Gasteiger partial charge < -0.3 is 19.8 Å². The molecule has 0 radical (unpaired) electrons. The Morgan fingerprint density at radius 3 is 2.20 bits per heavy atom. The number of amides is 1. The Balaban J connectivity index is 1.05. The molecule has 0 aromatic heterocycles. The van der Waals surface area contributed by atoms with Crippen molar-refractivity contribution in [3.63, 3.8) is 0 Å². The third kappa shape index (κ3) is 4.16. The normalized spacial score (nSPS) is 49.6. The minimum absolute atomic E-state index is 0.0115. The molecule has 7 heteroatoms. The highest BCUT2D eigenvalue weighted by atomic mass is 16.6. The predicted molar refractivity (Wildman–Crippen MR) is 214 cm³/mol. The zero-order chi connectivity index (χ0) is 39.7. The van der Waals surface area contributed by atoms with Gasteiger partial charge in [0.2, 0.25) is 0 Å². The van der Waals surface area contributed by atoms with Crippen LogP contribution in [-0.4, -0.2) is 63.2 Å². The van der Waals surface area contributed by atoms with E-state index in [-0.39, 0.29) is 46.9 Å². The van der Waals surface area contributed by atoms with E-state index in [4.69, 9.17) is 4.74 Å². The predicted octanol–water partition coefficient (Wildman–Crippen LogP) is 8.48. The maximum Gasteiger partial charge on any atom is 0.313 e. The van der Waals surface area contributed by atoms with Crippen LogP contribution >= 0.6 is 0 Å². The number of allylic oxidation sites excluding steroid dienone is 4. The topological polar surface area (TPSA) is 104 Å². The van der Waals surface area contributed by atoms with Crippen LogP contribution in [0.15, 0.2) is 54.1 Å². The van der Waals surface area contributed by atoms with Crippen molar-refractivity contribution >= 4 is 17.7 Å². The minimum atomic E-state index is -1.24. The van der Waals surface area contributed by atoms with E-state index in [9.17, 15) is 19.8 Å². The van der Waals surface area contributed by atoms with Gasteiger partial charge in [0, 0.05) is 39.3 Å². The van der Waals surface area contributed by atoms with Gasteiger partial charge in [-0.2, -0.15) is 0 Å². The summed E-state index contributed by atoms with van der Waals surface area (Å²) in [5.41, 5.74) is -3.72. The minimum Gasteiger partial charge on any atom is -0.448 e. The molecule has 1 aromatic carbocycles. The third-order valence-electron chi connectivity index (χ3n) is 20.6. The Labute approximate surface area is 334 Å². The zero-order valence-corrected chi connectivity index (χ0v) is 35.0. The second-order valence-corrected chi connectivity index (χ2v) is 22.6. The molecule has 8 fully saturated rings. The van der Waals surface area contributed by atoms with Crippen LogP contribution in [0, 0.1) is 67.5 Å². The Morgan fingerprint density at radius 2 is 1.54 bits per heavy atom. The van der Waals surface area contributed by atoms with E-state index in [0.717, 1.165) is 50.0 Å². The third-order valence-corrected chi connectivity index (χ3v) is 20.6. The number of ketones is 1. The number of carbonyl (C=O) groups is 3. The summed E-state index contributed by atoms with van der Waals surface area (Å²) < 4.78 is 6.28. The number of esters is 1. The summed E-state index contributed by atoms with van der Waals surface area (Å²) in [5.74, 6) is 1.46. The first-order valence-corrected chi connectivity index (χ1v) is 22.2. The summed E-state index contributed by atoms with van der Waals surface area (Å²) >= 11 is 0. The molecule has 1 heterocycles. The van der Waals surface area contributed by atoms with Gasteiger partial charge in [-0.3, -0.25) is 14.4 Å². The van der Waals surface area contributed by atoms with E-state index in [1.54, 1.807) is 0 Å². The van der Waals surface area contributed by atoms with E-state index in [1.165, 1.54) is 12.8 Å². The fourth-order valence-corrected chi connectivity index (χ4v) is 16.3. The number of hydrogen-bond acceptors (Lipinski definition) is 6. The van der Waals surface area contributed by atoms with Crippen molar-refractivity contribution in [1.82, 2.24) is 4.90 Å². The van der Waals surface area contributed by atoms with Gasteiger partial charge in [-0.05, 0) is 124 Å². The van der Waals surface area contributed by atoms with Crippen LogP contribution in [0.25, 0.3) is 0 Å². The van der Waals surface area contributed by atoms with Gasteiger partial charge in [-0.25, -0.2) is 0 Å². The lowest BCUT2D eigenvalue weighted by Gasteiger charge is -2.71. The molecular formula is C49H65NO6. The molecule has 10 aliphatic carbocycles. The maximum atomic E-state index is 15.5. The SMILES string of the molecule is CC1(C)C2CCC(CN(CC3(O)CCC4C56C=CC7(C=C5C(=O)c5ccccc5)CC(O)CCC7(C)C6CCC43C)C(=O)C34CCC(C)(C(=O)O3)C4(C)C)C1C2. The first-order valence-electron chi connectivity index (χ1n) is 22.2. The first kappa shape index (κ1) is 37.5. The second-order valence-electron chi connectivity index (χ2n) is 22.6. The summed E-state index contributed by atoms with van der Waals surface area (Å²) in [4.78, 5) is 46.0. The molecule has 13 unspecified atom stereocenters. The molecule has 7 nitrogen and oxygen atoms in total. The van der Waals surface area contributed by atoms with E-state index < -0.39 is 44.4 Å². The van der Waals surface area contributed by atoms with Gasteiger partial charge >= 0.3 is 5.97 Å². The molecule has 56 heavy (non-hydrogen) atoms. The molecule has 1 saturated heterocycles. The average Bonchev–Trinajstić information content (AvgIpc) is 3.62. The summed E-state index contributed by atoms with van der Waals surface area (Å²) in [7, 11) is 0. The van der Waals surface area contributed by atoms with Gasteiger partial charge in [0.05, 0.1) is 23.7 Å². The number of Topliss-reactive ketones (excluding diaryl/α,β-unsaturated/α-hetero) is 1. The summed E-state index contributed by atoms with van der Waals surface area (Å²) in [6.07, 6.45) is 16.5. The molecule has 12 rings (SSSR count). The summed E-state index contributed by atoms with van der Waals surface area (Å²) in [6.45, 7) is 16.3. The molecule has 1 aliphatic heterocycles. The van der Waals surface area contributed by atoms with E-state index in [1.807, 2.05) is 56.0 Å². The van der Waals surface area contributed by atoms with Crippen LogP contribution in [0.3, 0.4) is 0 Å². The first-order chi connectivity index (χ1) is 26.3. The molecule has 2 spiro atoms. The van der Waals surface area contributed by atoms with Crippen molar-refractivity contribution in [2.75, 3.05) is 13.1 Å². The quantitative estimate of drug-likeness (QED) is 0.164. The highest BCUT2D eigenvalue weighted by Crippen LogP contribution is 2.79. The number of nitrogens with zero attached hydrogens (tertiary/aromatic N) is 1. The number of ether oxygens (including phenoxy) is 1. The van der Waals surface area contributed by atoms with Crippen molar-refractivity contribution in [2.24, 2.45) is 67.5 Å². The second kappa shape index (κ2) is 11.3. The highest BCUT2D eigenvalue weighted by Gasteiger charge is 2.78. The maximum absolute atomic E-state index is 15.5. The molecule has 1 aromatic rings. The van der Waals surface area contributed by atoms with E-state index >= 15 is 4.79 Å². The fourth-order valence-electron chi connectivity index (χ4n) is 16.3. The average molecular weight is 764 g/mol. The van der Waals surface area contributed by atoms with Crippen LogP contribution < -0.4 is 0 Å². The van der Waals surface area contributed by atoms with Gasteiger partial charge in [0.1, 0.15) is 0 Å². The van der Waals surface area contributed by atoms with Crippen molar-refractivity contribution in [3.8, 4) is 0 Å². The van der Waals surface area contributed by atoms with Crippen LogP contribution in [0.2, 0.25) is 0 Å². The number of benzene rings is 1. The molecule has 7 saturated carbocycles. The molecule has 2 N–H and O–H groups in total. The van der Waals surface area contributed by atoms with E-state index in [2.05, 4.69) is 45.9 Å². The lowest BCUT2D eigenvalue weighted by molar-refractivity contribution is -0.190. The highest BCUT2D eigenvalue weighted by molar-refractivity contribution is 6.10. The van der Waals surface area contributed by atoms with Gasteiger partial charge in [0.15, 0.2) is 11.4 Å². The molecule has 11 aliphatic rings. The molecule has 1 amide bonds. The molecule has 6 bridgehead atoms. The van der Waals surface area contributed by atoms with Crippen LogP contribution in [0.1, 0.15) is 136 Å². The van der Waals surface area contributed by atoms with Gasteiger partial charge in [-0.1, -0.05) is 90.1 Å². The monoisotopic (exact) mass is 763 g/mol. The number of rotatable bonds is 7. The van der Waals surface area contributed by atoms with Crippen molar-refractivity contribution < 1.29 is 29.3 Å². The molecular weight excluding hydrogens is 699 g/mol. The van der Waals surface area contributed by atoms with Gasteiger partial charge in [-0.15, -0.1) is 0 Å². The number of aliphatic hydroxyl groups is 2. The molecule has 302 valence electrons. The Morgan fingerprint density at radius 1 is 0.839 bits per heavy atom. The zero-order valence-electron chi connectivity index (χ0n) is 35.0. The number of hydrogen-bond donors (Lipinski definition) is 2. The Hall–Kier alpha value is -2.77. The Kier molecular flexibility index (Phi) is 7.55. The number of aliphatic hydroxyl groups excluding tert-OH is 1. The number of carbonyl (C=O) groups excluding carboxylic acids is 3.